The van der Waals surface area contributed by atoms with E-state index in [-0.39, 0.29) is 17.4 Å². The van der Waals surface area contributed by atoms with Gasteiger partial charge in [-0.05, 0) is 39.9 Å². The number of carbonyl (C=O) groups excluding carboxylic acids is 2. The molecule has 19 heteroatoms. The van der Waals surface area contributed by atoms with Gasteiger partial charge < -0.3 is 29.5 Å². The SMILES string of the molecule is CC(=O)N1CCC2(CC1)c1nnc(C(=O)N3CCCN(C)CC3)n1CCN2C.O=C(O)C(F)(F)F.O=C(O)C(F)(F)F. The van der Waals surface area contributed by atoms with Crippen molar-refractivity contribution in [1.82, 2.24) is 34.4 Å². The van der Waals surface area contributed by atoms with Crippen LogP contribution in [0.2, 0.25) is 0 Å². The largest absolute Gasteiger partial charge is 0.490 e. The number of likely N-dealkylation sites (N-methyl/N-ethyl adjacent to an activating group) is 2. The predicted octanol–water partition coefficient (Wildman–Crippen LogP) is 1.11. The van der Waals surface area contributed by atoms with Crippen molar-refractivity contribution in [2.24, 2.45) is 0 Å². The van der Waals surface area contributed by atoms with Gasteiger partial charge in [-0.3, -0.25) is 14.5 Å². The van der Waals surface area contributed by atoms with Gasteiger partial charge in [0.25, 0.3) is 5.91 Å². The normalized spacial score (nSPS) is 19.5. The predicted molar refractivity (Wildman–Crippen MR) is 131 cm³/mol. The number of hydrogen-bond donors (Lipinski definition) is 2. The summed E-state index contributed by atoms with van der Waals surface area (Å²) in [6.07, 6.45) is -7.54. The Hall–Kier alpha value is -3.48. The first-order valence-corrected chi connectivity index (χ1v) is 12.8. The lowest BCUT2D eigenvalue weighted by Crippen LogP contribution is -2.57. The van der Waals surface area contributed by atoms with Gasteiger partial charge in [-0.15, -0.1) is 10.2 Å². The van der Waals surface area contributed by atoms with Crippen molar-refractivity contribution in [3.8, 4) is 0 Å². The Morgan fingerprint density at radius 1 is 0.738 bits per heavy atom. The number of alkyl halides is 6. The van der Waals surface area contributed by atoms with Gasteiger partial charge in [-0.1, -0.05) is 0 Å². The Kier molecular flexibility index (Phi) is 11.3. The Bertz CT molecular complexity index is 1110. The average molecular weight is 618 g/mol. The molecule has 238 valence electrons. The van der Waals surface area contributed by atoms with Gasteiger partial charge in [0.1, 0.15) is 0 Å². The molecule has 0 aliphatic carbocycles. The van der Waals surface area contributed by atoms with Crippen molar-refractivity contribution in [3.63, 3.8) is 0 Å². The number of rotatable bonds is 1. The van der Waals surface area contributed by atoms with E-state index in [1.807, 2.05) is 14.4 Å². The van der Waals surface area contributed by atoms with Crippen molar-refractivity contribution in [2.75, 3.05) is 59.9 Å². The van der Waals surface area contributed by atoms with E-state index in [9.17, 15) is 35.9 Å². The molecule has 4 heterocycles. The number of amides is 2. The summed E-state index contributed by atoms with van der Waals surface area (Å²) in [5, 5.41) is 23.1. The number of nitrogens with zero attached hydrogens (tertiary/aromatic N) is 7. The average Bonchev–Trinajstić information content (AvgIpc) is 3.21. The van der Waals surface area contributed by atoms with Crippen LogP contribution in [0, 0.1) is 0 Å². The lowest BCUT2D eigenvalue weighted by Gasteiger charge is -2.49. The maximum atomic E-state index is 13.2. The molecular weight excluding hydrogens is 584 g/mol. The van der Waals surface area contributed by atoms with Gasteiger partial charge in [0.15, 0.2) is 5.82 Å². The minimum atomic E-state index is -5.08. The van der Waals surface area contributed by atoms with Crippen LogP contribution in [0.4, 0.5) is 26.3 Å². The smallest absolute Gasteiger partial charge is 0.475 e. The van der Waals surface area contributed by atoms with Crippen LogP contribution in [0.15, 0.2) is 0 Å². The maximum Gasteiger partial charge on any atom is 0.490 e. The molecule has 1 aromatic heterocycles. The third-order valence-corrected chi connectivity index (χ3v) is 7.28. The molecule has 3 aliphatic heterocycles. The fraction of sp³-hybridized carbons (Fsp3) is 0.739. The number of hydrogen-bond acceptors (Lipinski definition) is 8. The van der Waals surface area contributed by atoms with Crippen LogP contribution in [0.3, 0.4) is 0 Å². The number of aromatic nitrogens is 3. The Labute approximate surface area is 236 Å². The zero-order valence-corrected chi connectivity index (χ0v) is 23.2. The number of likely N-dealkylation sites (tertiary alicyclic amines) is 1. The van der Waals surface area contributed by atoms with E-state index in [2.05, 4.69) is 34.1 Å². The molecule has 4 rings (SSSR count). The van der Waals surface area contributed by atoms with Crippen LogP contribution >= 0.6 is 0 Å². The van der Waals surface area contributed by atoms with E-state index in [1.165, 1.54) is 0 Å². The summed E-state index contributed by atoms with van der Waals surface area (Å²) in [6.45, 7) is 8.05. The summed E-state index contributed by atoms with van der Waals surface area (Å²) in [4.78, 5) is 51.2. The fourth-order valence-electron chi connectivity index (χ4n) is 4.84. The molecule has 0 radical (unpaired) electrons. The van der Waals surface area contributed by atoms with Crippen LogP contribution in [-0.2, 0) is 26.5 Å². The second-order valence-electron chi connectivity index (χ2n) is 10.0. The molecule has 3 aliphatic rings. The minimum absolute atomic E-state index is 0.00470. The first-order chi connectivity index (χ1) is 19.3. The molecule has 0 aromatic carbocycles. The third kappa shape index (κ3) is 8.52. The van der Waals surface area contributed by atoms with Crippen LogP contribution in [-0.4, -0.2) is 141 Å². The van der Waals surface area contributed by atoms with E-state index in [1.54, 1.807) is 6.92 Å². The molecule has 2 N–H and O–H groups in total. The topological polar surface area (TPSA) is 152 Å². The number of carboxylic acids is 2. The summed E-state index contributed by atoms with van der Waals surface area (Å²) < 4.78 is 65.5. The van der Waals surface area contributed by atoms with Crippen molar-refractivity contribution < 1.29 is 55.7 Å². The monoisotopic (exact) mass is 617 g/mol. The van der Waals surface area contributed by atoms with Crippen molar-refractivity contribution in [2.45, 2.75) is 50.6 Å². The molecule has 0 bridgehead atoms. The lowest BCUT2D eigenvalue weighted by atomic mass is 9.83. The van der Waals surface area contributed by atoms with E-state index in [0.717, 1.165) is 64.4 Å². The summed E-state index contributed by atoms with van der Waals surface area (Å²) in [5.74, 6) is -4.03. The maximum absolute atomic E-state index is 13.2. The quantitative estimate of drug-likeness (QED) is 0.439. The molecule has 1 aromatic rings. The lowest BCUT2D eigenvalue weighted by molar-refractivity contribution is -0.193. The summed E-state index contributed by atoms with van der Waals surface area (Å²) in [6, 6.07) is 0. The van der Waals surface area contributed by atoms with Gasteiger partial charge in [0.2, 0.25) is 11.7 Å². The van der Waals surface area contributed by atoms with Crippen molar-refractivity contribution >= 4 is 23.8 Å². The second kappa shape index (κ2) is 13.7. The summed E-state index contributed by atoms with van der Waals surface area (Å²) >= 11 is 0. The molecule has 0 atom stereocenters. The van der Waals surface area contributed by atoms with E-state index >= 15 is 0 Å². The highest BCUT2D eigenvalue weighted by atomic mass is 19.4. The van der Waals surface area contributed by atoms with E-state index < -0.39 is 24.3 Å². The van der Waals surface area contributed by atoms with Crippen LogP contribution in [0.25, 0.3) is 0 Å². The van der Waals surface area contributed by atoms with Crippen LogP contribution in [0.1, 0.15) is 42.6 Å². The van der Waals surface area contributed by atoms with Crippen molar-refractivity contribution in [3.05, 3.63) is 11.6 Å². The molecule has 13 nitrogen and oxygen atoms in total. The first-order valence-electron chi connectivity index (χ1n) is 12.8. The second-order valence-corrected chi connectivity index (χ2v) is 10.0. The molecule has 1 spiro atoms. The molecule has 42 heavy (non-hydrogen) atoms. The molecule has 0 unspecified atom stereocenters. The molecular formula is C23H33F6N7O6. The number of carbonyl (C=O) groups is 4. The first kappa shape index (κ1) is 34.7. The summed E-state index contributed by atoms with van der Waals surface area (Å²) in [5.41, 5.74) is -0.241. The van der Waals surface area contributed by atoms with Crippen molar-refractivity contribution in [1.29, 1.82) is 0 Å². The van der Waals surface area contributed by atoms with Gasteiger partial charge in [0.05, 0.1) is 5.54 Å². The Balaban J connectivity index is 0.000000367. The van der Waals surface area contributed by atoms with Gasteiger partial charge in [-0.2, -0.15) is 26.3 Å². The minimum Gasteiger partial charge on any atom is -0.475 e. The zero-order valence-electron chi connectivity index (χ0n) is 23.2. The molecule has 2 amide bonds. The van der Waals surface area contributed by atoms with Crippen LogP contribution in [0.5, 0.6) is 0 Å². The molecule has 2 fully saturated rings. The number of aliphatic carboxylic acids is 2. The van der Waals surface area contributed by atoms with Crippen LogP contribution < -0.4 is 0 Å². The van der Waals surface area contributed by atoms with Gasteiger partial charge >= 0.3 is 24.3 Å². The number of fused-ring (bicyclic) bond motifs is 2. The third-order valence-electron chi connectivity index (χ3n) is 7.28. The summed E-state index contributed by atoms with van der Waals surface area (Å²) in [7, 11) is 4.22. The van der Waals surface area contributed by atoms with Gasteiger partial charge in [-0.25, -0.2) is 9.59 Å². The van der Waals surface area contributed by atoms with E-state index in [4.69, 9.17) is 19.8 Å². The highest BCUT2D eigenvalue weighted by Crippen LogP contribution is 2.39. The number of piperidine rings is 1. The highest BCUT2D eigenvalue weighted by molar-refractivity contribution is 5.91. The number of halogens is 6. The Morgan fingerprint density at radius 2 is 1.26 bits per heavy atom. The molecule has 0 saturated carbocycles. The fourth-order valence-corrected chi connectivity index (χ4v) is 4.84. The zero-order chi connectivity index (χ0) is 32.0. The van der Waals surface area contributed by atoms with Gasteiger partial charge in [0, 0.05) is 52.7 Å². The highest BCUT2D eigenvalue weighted by Gasteiger charge is 2.47. The Morgan fingerprint density at radius 3 is 1.74 bits per heavy atom. The standard InChI is InChI=1S/C19H31N7O2.2C2HF3O2/c1-15(27)24-9-5-19(6-10-24)18-21-20-16(26(18)14-12-23(19)3)17(28)25-8-4-7-22(2)11-13-25;2*3-2(4,5)1(6)7/h4-14H2,1-3H3;2*(H,6,7). The molecule has 2 saturated heterocycles. The van der Waals surface area contributed by atoms with E-state index in [0.29, 0.717) is 18.9 Å². The number of carboxylic acid groups (broad SMARTS) is 2.